The molecule has 84 valence electrons. The Bertz CT molecular complexity index is 508. The van der Waals surface area contributed by atoms with E-state index >= 15 is 0 Å². The Morgan fingerprint density at radius 2 is 2.25 bits per heavy atom. The van der Waals surface area contributed by atoms with Gasteiger partial charge in [-0.25, -0.2) is 0 Å². The molecule has 2 heterocycles. The van der Waals surface area contributed by atoms with Crippen molar-refractivity contribution in [1.82, 2.24) is 9.78 Å². The lowest BCUT2D eigenvalue weighted by atomic mass is 10.3. The fraction of sp³-hybridized carbons (Fsp3) is 0.417. The van der Waals surface area contributed by atoms with Crippen molar-refractivity contribution in [2.24, 2.45) is 7.05 Å². The van der Waals surface area contributed by atoms with Crippen LogP contribution in [0.4, 0.5) is 5.82 Å². The van der Waals surface area contributed by atoms with Crippen molar-refractivity contribution in [1.29, 1.82) is 0 Å². The summed E-state index contributed by atoms with van der Waals surface area (Å²) in [5, 5.41) is 7.80. The van der Waals surface area contributed by atoms with Crippen LogP contribution in [-0.4, -0.2) is 15.8 Å². The molecular formula is C12H15N3O. The summed E-state index contributed by atoms with van der Waals surface area (Å²) in [5.41, 5.74) is 1.01. The molecule has 4 heteroatoms. The van der Waals surface area contributed by atoms with Gasteiger partial charge in [0, 0.05) is 19.2 Å². The van der Waals surface area contributed by atoms with E-state index in [1.807, 2.05) is 36.9 Å². The van der Waals surface area contributed by atoms with Crippen LogP contribution in [0.25, 0.3) is 11.5 Å². The molecule has 0 aromatic carbocycles. The Labute approximate surface area is 94.3 Å². The fourth-order valence-electron chi connectivity index (χ4n) is 1.78. The van der Waals surface area contributed by atoms with Gasteiger partial charge in [0.05, 0.1) is 0 Å². The minimum absolute atomic E-state index is 0.626. The molecule has 0 unspecified atom stereocenters. The quantitative estimate of drug-likeness (QED) is 0.859. The van der Waals surface area contributed by atoms with E-state index in [0.29, 0.717) is 6.04 Å². The van der Waals surface area contributed by atoms with Gasteiger partial charge in [-0.2, -0.15) is 5.10 Å². The fourth-order valence-corrected chi connectivity index (χ4v) is 1.78. The lowest BCUT2D eigenvalue weighted by molar-refractivity contribution is 0.541. The van der Waals surface area contributed by atoms with Gasteiger partial charge >= 0.3 is 0 Å². The first-order valence-corrected chi connectivity index (χ1v) is 5.60. The molecule has 1 aliphatic rings. The van der Waals surface area contributed by atoms with E-state index in [9.17, 15) is 0 Å². The number of hydrogen-bond acceptors (Lipinski definition) is 3. The molecule has 0 atom stereocenters. The van der Waals surface area contributed by atoms with Crippen molar-refractivity contribution >= 4 is 5.82 Å². The van der Waals surface area contributed by atoms with E-state index in [2.05, 4.69) is 10.4 Å². The van der Waals surface area contributed by atoms with Crippen molar-refractivity contribution in [3.05, 3.63) is 24.0 Å². The molecule has 0 spiro atoms. The van der Waals surface area contributed by atoms with Crippen LogP contribution in [0.1, 0.15) is 18.6 Å². The molecule has 1 aliphatic carbocycles. The zero-order chi connectivity index (χ0) is 11.1. The van der Waals surface area contributed by atoms with Crippen LogP contribution < -0.4 is 5.32 Å². The number of rotatable bonds is 3. The smallest absolute Gasteiger partial charge is 0.152 e. The number of aryl methyl sites for hydroxylation is 2. The molecular weight excluding hydrogens is 202 g/mol. The van der Waals surface area contributed by atoms with E-state index in [0.717, 1.165) is 23.0 Å². The van der Waals surface area contributed by atoms with Gasteiger partial charge in [-0.05, 0) is 31.9 Å². The third-order valence-corrected chi connectivity index (χ3v) is 2.80. The molecule has 1 saturated carbocycles. The summed E-state index contributed by atoms with van der Waals surface area (Å²) in [5.74, 6) is 2.73. The van der Waals surface area contributed by atoms with Crippen molar-refractivity contribution in [3.8, 4) is 11.5 Å². The third-order valence-electron chi connectivity index (χ3n) is 2.80. The maximum Gasteiger partial charge on any atom is 0.152 e. The summed E-state index contributed by atoms with van der Waals surface area (Å²) >= 11 is 0. The monoisotopic (exact) mass is 217 g/mol. The van der Waals surface area contributed by atoms with E-state index in [4.69, 9.17) is 4.42 Å². The molecule has 3 rings (SSSR count). The standard InChI is InChI=1S/C12H15N3O/c1-8-3-6-11(16-8)10-7-12(14-15(10)2)13-9-4-5-9/h3,6-7,9H,4-5H2,1-2H3,(H,13,14). The van der Waals surface area contributed by atoms with Gasteiger partial charge in [0.2, 0.25) is 0 Å². The van der Waals surface area contributed by atoms with Crippen molar-refractivity contribution in [2.45, 2.75) is 25.8 Å². The molecule has 0 bridgehead atoms. The zero-order valence-electron chi connectivity index (χ0n) is 9.53. The summed E-state index contributed by atoms with van der Waals surface area (Å²) < 4.78 is 7.45. The number of anilines is 1. The Morgan fingerprint density at radius 3 is 2.88 bits per heavy atom. The summed E-state index contributed by atoms with van der Waals surface area (Å²) in [7, 11) is 1.94. The molecule has 16 heavy (non-hydrogen) atoms. The Morgan fingerprint density at radius 1 is 1.44 bits per heavy atom. The molecule has 1 fully saturated rings. The summed E-state index contributed by atoms with van der Waals surface area (Å²) in [6.07, 6.45) is 2.51. The normalized spacial score (nSPS) is 15.4. The zero-order valence-corrected chi connectivity index (χ0v) is 9.53. The van der Waals surface area contributed by atoms with Crippen LogP contribution in [0.2, 0.25) is 0 Å². The second kappa shape index (κ2) is 3.40. The molecule has 2 aromatic heterocycles. The molecule has 0 saturated heterocycles. The van der Waals surface area contributed by atoms with Gasteiger partial charge < -0.3 is 9.73 Å². The topological polar surface area (TPSA) is 43.0 Å². The van der Waals surface area contributed by atoms with E-state index < -0.39 is 0 Å². The Balaban J connectivity index is 1.91. The summed E-state index contributed by atoms with van der Waals surface area (Å²) in [6, 6.07) is 6.61. The van der Waals surface area contributed by atoms with Crippen LogP contribution in [-0.2, 0) is 7.05 Å². The SMILES string of the molecule is Cc1ccc(-c2cc(NC3CC3)nn2C)o1. The highest BCUT2D eigenvalue weighted by Crippen LogP contribution is 2.28. The largest absolute Gasteiger partial charge is 0.460 e. The number of furan rings is 1. The number of nitrogens with one attached hydrogen (secondary N) is 1. The van der Waals surface area contributed by atoms with Crippen molar-refractivity contribution < 1.29 is 4.42 Å². The maximum atomic E-state index is 5.60. The second-order valence-electron chi connectivity index (χ2n) is 4.37. The molecule has 2 aromatic rings. The van der Waals surface area contributed by atoms with Gasteiger partial charge in [0.25, 0.3) is 0 Å². The summed E-state index contributed by atoms with van der Waals surface area (Å²) in [6.45, 7) is 1.95. The van der Waals surface area contributed by atoms with Gasteiger partial charge in [0.1, 0.15) is 17.3 Å². The first kappa shape index (κ1) is 9.51. The Kier molecular flexibility index (Phi) is 2.02. The predicted molar refractivity (Wildman–Crippen MR) is 62.3 cm³/mol. The number of aromatic nitrogens is 2. The highest BCUT2D eigenvalue weighted by Gasteiger charge is 2.22. The predicted octanol–water partition coefficient (Wildman–Crippen LogP) is 2.56. The molecule has 0 radical (unpaired) electrons. The van der Waals surface area contributed by atoms with Gasteiger partial charge in [-0.15, -0.1) is 0 Å². The van der Waals surface area contributed by atoms with E-state index in [-0.39, 0.29) is 0 Å². The molecule has 0 amide bonds. The average molecular weight is 217 g/mol. The van der Waals surface area contributed by atoms with Gasteiger partial charge in [-0.3, -0.25) is 4.68 Å². The molecule has 4 nitrogen and oxygen atoms in total. The lowest BCUT2D eigenvalue weighted by Crippen LogP contribution is -2.01. The maximum absolute atomic E-state index is 5.60. The van der Waals surface area contributed by atoms with Crippen LogP contribution in [0, 0.1) is 6.92 Å². The van der Waals surface area contributed by atoms with E-state index in [1.54, 1.807) is 0 Å². The van der Waals surface area contributed by atoms with E-state index in [1.165, 1.54) is 12.8 Å². The first-order chi connectivity index (χ1) is 7.72. The number of hydrogen-bond donors (Lipinski definition) is 1. The lowest BCUT2D eigenvalue weighted by Gasteiger charge is -1.96. The first-order valence-electron chi connectivity index (χ1n) is 5.60. The third kappa shape index (κ3) is 1.71. The molecule has 0 aliphatic heterocycles. The Hall–Kier alpha value is -1.71. The molecule has 1 N–H and O–H groups in total. The summed E-state index contributed by atoms with van der Waals surface area (Å²) in [4.78, 5) is 0. The highest BCUT2D eigenvalue weighted by atomic mass is 16.3. The van der Waals surface area contributed by atoms with Crippen LogP contribution in [0.15, 0.2) is 22.6 Å². The second-order valence-corrected chi connectivity index (χ2v) is 4.37. The number of nitrogens with zero attached hydrogens (tertiary/aromatic N) is 2. The average Bonchev–Trinajstić information content (AvgIpc) is 2.82. The van der Waals surface area contributed by atoms with Crippen LogP contribution >= 0.6 is 0 Å². The van der Waals surface area contributed by atoms with Crippen LogP contribution in [0.3, 0.4) is 0 Å². The van der Waals surface area contributed by atoms with Crippen LogP contribution in [0.5, 0.6) is 0 Å². The van der Waals surface area contributed by atoms with Crippen molar-refractivity contribution in [3.63, 3.8) is 0 Å². The van der Waals surface area contributed by atoms with Gasteiger partial charge in [0.15, 0.2) is 5.76 Å². The highest BCUT2D eigenvalue weighted by molar-refractivity contribution is 5.58. The van der Waals surface area contributed by atoms with Gasteiger partial charge in [-0.1, -0.05) is 0 Å². The van der Waals surface area contributed by atoms with Crippen molar-refractivity contribution in [2.75, 3.05) is 5.32 Å². The minimum atomic E-state index is 0.626. The minimum Gasteiger partial charge on any atom is -0.460 e.